The lowest BCUT2D eigenvalue weighted by atomic mass is 9.97. The number of amides is 1. The van der Waals surface area contributed by atoms with Gasteiger partial charge in [0.05, 0.1) is 11.3 Å². The van der Waals surface area contributed by atoms with Crippen molar-refractivity contribution in [3.63, 3.8) is 0 Å². The highest BCUT2D eigenvalue weighted by atomic mass is 19.4. The van der Waals surface area contributed by atoms with Gasteiger partial charge in [0.2, 0.25) is 0 Å². The molecule has 0 aliphatic heterocycles. The number of anilines is 1. The first-order chi connectivity index (χ1) is 13.1. The summed E-state index contributed by atoms with van der Waals surface area (Å²) in [5.74, 6) is -0.566. The fourth-order valence-corrected chi connectivity index (χ4v) is 3.36. The lowest BCUT2D eigenvalue weighted by Crippen LogP contribution is -2.14. The zero-order valence-electron chi connectivity index (χ0n) is 16.0. The van der Waals surface area contributed by atoms with Gasteiger partial charge >= 0.3 is 6.18 Å². The van der Waals surface area contributed by atoms with Crippen molar-refractivity contribution in [3.8, 4) is 11.3 Å². The maximum atomic E-state index is 12.8. The molecule has 0 aliphatic rings. The summed E-state index contributed by atoms with van der Waals surface area (Å²) in [7, 11) is 1.73. The lowest BCUT2D eigenvalue weighted by molar-refractivity contribution is -0.137. The van der Waals surface area contributed by atoms with Crippen molar-refractivity contribution in [2.75, 3.05) is 5.32 Å². The minimum atomic E-state index is -4.47. The van der Waals surface area contributed by atoms with E-state index in [0.717, 1.165) is 40.1 Å². The molecule has 0 saturated carbocycles. The number of halogens is 3. The Morgan fingerprint density at radius 3 is 2.29 bits per heavy atom. The monoisotopic (exact) mass is 387 g/mol. The molecule has 4 nitrogen and oxygen atoms in total. The predicted molar refractivity (Wildman–Crippen MR) is 102 cm³/mol. The van der Waals surface area contributed by atoms with Crippen molar-refractivity contribution in [3.05, 3.63) is 70.4 Å². The second-order valence-corrected chi connectivity index (χ2v) is 6.84. The summed E-state index contributed by atoms with van der Waals surface area (Å²) in [5.41, 5.74) is 4.39. The van der Waals surface area contributed by atoms with Crippen molar-refractivity contribution >= 4 is 11.6 Å². The van der Waals surface area contributed by atoms with Gasteiger partial charge < -0.3 is 5.32 Å². The van der Waals surface area contributed by atoms with E-state index in [1.807, 2.05) is 20.8 Å². The maximum Gasteiger partial charge on any atom is 0.416 e. The van der Waals surface area contributed by atoms with E-state index in [0.29, 0.717) is 0 Å². The molecule has 7 heteroatoms. The highest BCUT2D eigenvalue weighted by molar-refractivity contribution is 6.03. The number of nitrogens with zero attached hydrogens (tertiary/aromatic N) is 2. The van der Waals surface area contributed by atoms with E-state index in [9.17, 15) is 18.0 Å². The van der Waals surface area contributed by atoms with Gasteiger partial charge in [-0.05, 0) is 56.2 Å². The molecule has 0 radical (unpaired) electrons. The fraction of sp³-hybridized carbons (Fsp3) is 0.238. The highest BCUT2D eigenvalue weighted by Gasteiger charge is 2.30. The molecule has 146 valence electrons. The van der Waals surface area contributed by atoms with Crippen molar-refractivity contribution in [1.82, 2.24) is 9.78 Å². The number of carbonyl (C=O) groups is 1. The van der Waals surface area contributed by atoms with Crippen molar-refractivity contribution < 1.29 is 18.0 Å². The Hall–Kier alpha value is -3.09. The van der Waals surface area contributed by atoms with Crippen molar-refractivity contribution in [2.24, 2.45) is 7.05 Å². The zero-order valence-corrected chi connectivity index (χ0v) is 16.0. The first kappa shape index (κ1) is 19.7. The van der Waals surface area contributed by atoms with Gasteiger partial charge in [-0.2, -0.15) is 18.3 Å². The number of carbonyl (C=O) groups excluding carboxylic acids is 1. The summed E-state index contributed by atoms with van der Waals surface area (Å²) in [6.45, 7) is 6.00. The molecule has 1 amide bonds. The largest absolute Gasteiger partial charge is 0.416 e. The zero-order chi connectivity index (χ0) is 20.6. The SMILES string of the molecule is Cc1cc(C)c(-c2cc(C(=O)Nc3cccc(C(F)(F)F)c3)nn2C)c(C)c1. The van der Waals surface area contributed by atoms with Crippen molar-refractivity contribution in [1.29, 1.82) is 0 Å². The van der Waals surface area contributed by atoms with Gasteiger partial charge in [-0.1, -0.05) is 23.8 Å². The summed E-state index contributed by atoms with van der Waals surface area (Å²) < 4.78 is 40.1. The number of benzene rings is 2. The second-order valence-electron chi connectivity index (χ2n) is 6.84. The molecule has 0 spiro atoms. The Morgan fingerprint density at radius 1 is 1.04 bits per heavy atom. The minimum Gasteiger partial charge on any atom is -0.321 e. The first-order valence-electron chi connectivity index (χ1n) is 8.67. The van der Waals surface area contributed by atoms with E-state index in [2.05, 4.69) is 22.5 Å². The number of nitrogens with one attached hydrogen (secondary N) is 1. The Morgan fingerprint density at radius 2 is 1.68 bits per heavy atom. The topological polar surface area (TPSA) is 46.9 Å². The molecule has 0 saturated heterocycles. The summed E-state index contributed by atoms with van der Waals surface area (Å²) >= 11 is 0. The maximum absolute atomic E-state index is 12.8. The molecule has 0 unspecified atom stereocenters. The second kappa shape index (κ2) is 7.14. The molecule has 28 heavy (non-hydrogen) atoms. The third-order valence-corrected chi connectivity index (χ3v) is 4.49. The van der Waals surface area contributed by atoms with Gasteiger partial charge in [0.1, 0.15) is 0 Å². The minimum absolute atomic E-state index is 0.0646. The van der Waals surface area contributed by atoms with Gasteiger partial charge in [0, 0.05) is 18.3 Å². The Kier molecular flexibility index (Phi) is 5.02. The summed E-state index contributed by atoms with van der Waals surface area (Å²) in [5, 5.41) is 6.73. The van der Waals surface area contributed by atoms with E-state index in [1.54, 1.807) is 17.8 Å². The molecule has 0 bridgehead atoms. The smallest absolute Gasteiger partial charge is 0.321 e. The van der Waals surface area contributed by atoms with Crippen LogP contribution in [0.25, 0.3) is 11.3 Å². The van der Waals surface area contributed by atoms with Crippen molar-refractivity contribution in [2.45, 2.75) is 26.9 Å². The van der Waals surface area contributed by atoms with Crippen LogP contribution in [0.2, 0.25) is 0 Å². The highest BCUT2D eigenvalue weighted by Crippen LogP contribution is 2.31. The number of aryl methyl sites for hydroxylation is 4. The molecule has 0 atom stereocenters. The molecule has 1 aromatic heterocycles. The van der Waals surface area contributed by atoms with Crippen LogP contribution < -0.4 is 5.32 Å². The summed E-state index contributed by atoms with van der Waals surface area (Å²) in [4.78, 5) is 12.5. The van der Waals surface area contributed by atoms with Crippen LogP contribution in [0.4, 0.5) is 18.9 Å². The van der Waals surface area contributed by atoms with E-state index >= 15 is 0 Å². The Labute approximate surface area is 161 Å². The molecule has 3 rings (SSSR count). The molecule has 0 fully saturated rings. The molecule has 1 heterocycles. The number of hydrogen-bond acceptors (Lipinski definition) is 2. The normalized spacial score (nSPS) is 11.5. The van der Waals surface area contributed by atoms with Crippen LogP contribution in [0, 0.1) is 20.8 Å². The quantitative estimate of drug-likeness (QED) is 0.664. The molecule has 1 N–H and O–H groups in total. The van der Waals surface area contributed by atoms with E-state index < -0.39 is 17.6 Å². The van der Waals surface area contributed by atoms with Crippen LogP contribution in [-0.4, -0.2) is 15.7 Å². The Balaban J connectivity index is 1.91. The number of hydrogen-bond donors (Lipinski definition) is 1. The van der Waals surface area contributed by atoms with Gasteiger partial charge in [-0.25, -0.2) is 0 Å². The van der Waals surface area contributed by atoms with Crippen LogP contribution in [0.5, 0.6) is 0 Å². The average Bonchev–Trinajstić information content (AvgIpc) is 2.95. The van der Waals surface area contributed by atoms with Gasteiger partial charge in [0.15, 0.2) is 5.69 Å². The standard InChI is InChI=1S/C21H20F3N3O/c1-12-8-13(2)19(14(3)9-12)18-11-17(26-27(18)4)20(28)25-16-7-5-6-15(10-16)21(22,23)24/h5-11H,1-4H3,(H,25,28). The Bertz CT molecular complexity index is 1030. The molecular formula is C21H20F3N3O. The lowest BCUT2D eigenvalue weighted by Gasteiger charge is -2.11. The van der Waals surface area contributed by atoms with Gasteiger partial charge in [0.25, 0.3) is 5.91 Å². The third-order valence-electron chi connectivity index (χ3n) is 4.49. The summed E-state index contributed by atoms with van der Waals surface area (Å²) in [6, 6.07) is 10.3. The predicted octanol–water partition coefficient (Wildman–Crippen LogP) is 5.28. The van der Waals surface area contributed by atoms with E-state index in [1.165, 1.54) is 12.1 Å². The molecule has 2 aromatic carbocycles. The number of aromatic nitrogens is 2. The number of alkyl halides is 3. The van der Waals surface area contributed by atoms with Gasteiger partial charge in [-0.15, -0.1) is 0 Å². The van der Waals surface area contributed by atoms with Crippen LogP contribution in [0.3, 0.4) is 0 Å². The fourth-order valence-electron chi connectivity index (χ4n) is 3.36. The van der Waals surface area contributed by atoms with E-state index in [4.69, 9.17) is 0 Å². The first-order valence-corrected chi connectivity index (χ1v) is 8.67. The van der Waals surface area contributed by atoms with Crippen LogP contribution in [0.1, 0.15) is 32.7 Å². The average molecular weight is 387 g/mol. The van der Waals surface area contributed by atoms with Crippen LogP contribution >= 0.6 is 0 Å². The van der Waals surface area contributed by atoms with Crippen LogP contribution in [0.15, 0.2) is 42.5 Å². The third kappa shape index (κ3) is 3.93. The van der Waals surface area contributed by atoms with Crippen LogP contribution in [-0.2, 0) is 13.2 Å². The molecule has 3 aromatic rings. The van der Waals surface area contributed by atoms with E-state index in [-0.39, 0.29) is 11.4 Å². The summed E-state index contributed by atoms with van der Waals surface area (Å²) in [6.07, 6.45) is -4.47. The van der Waals surface area contributed by atoms with Gasteiger partial charge in [-0.3, -0.25) is 9.48 Å². The molecular weight excluding hydrogens is 367 g/mol. The number of rotatable bonds is 3. The molecule has 0 aliphatic carbocycles.